The summed E-state index contributed by atoms with van der Waals surface area (Å²) in [6.45, 7) is 4.61. The van der Waals surface area contributed by atoms with Crippen LogP contribution in [0.4, 0.5) is 15.8 Å². The number of methoxy groups -OCH3 is 1. The molecule has 2 amide bonds. The van der Waals surface area contributed by atoms with Crippen LogP contribution in [-0.2, 0) is 9.53 Å². The standard InChI is InChI=1S/C23H25FN4O3/c1-15-6-7-19(24)18-13-20(26-22(15)18)23(30)25-16-4-3-5-17(12-16)27-8-10-28(11-9-27)21(29)14-31-2/h3-7,12-13,26H,8-11,14H2,1-2H3,(H,25,30). The molecule has 0 radical (unpaired) electrons. The van der Waals surface area contributed by atoms with E-state index in [4.69, 9.17) is 4.74 Å². The average molecular weight is 424 g/mol. The van der Waals surface area contributed by atoms with Crippen molar-refractivity contribution in [1.29, 1.82) is 0 Å². The molecule has 1 aliphatic heterocycles. The maximum Gasteiger partial charge on any atom is 0.272 e. The molecule has 0 saturated carbocycles. The van der Waals surface area contributed by atoms with Crippen molar-refractivity contribution in [1.82, 2.24) is 9.88 Å². The van der Waals surface area contributed by atoms with Crippen molar-refractivity contribution in [2.24, 2.45) is 0 Å². The molecule has 7 nitrogen and oxygen atoms in total. The van der Waals surface area contributed by atoms with E-state index in [1.165, 1.54) is 19.2 Å². The number of carbonyl (C=O) groups excluding carboxylic acids is 2. The second-order valence-electron chi connectivity index (χ2n) is 7.64. The van der Waals surface area contributed by atoms with Crippen LogP contribution in [0.2, 0.25) is 0 Å². The molecule has 1 fully saturated rings. The Labute approximate surface area is 179 Å². The Morgan fingerprint density at radius 2 is 1.90 bits per heavy atom. The lowest BCUT2D eigenvalue weighted by Crippen LogP contribution is -2.49. The summed E-state index contributed by atoms with van der Waals surface area (Å²) < 4.78 is 19.0. The van der Waals surface area contributed by atoms with Gasteiger partial charge in [0.25, 0.3) is 5.91 Å². The molecule has 0 bridgehead atoms. The lowest BCUT2D eigenvalue weighted by molar-refractivity contribution is -0.135. The smallest absolute Gasteiger partial charge is 0.272 e. The number of aromatic nitrogens is 1. The summed E-state index contributed by atoms with van der Waals surface area (Å²) in [6, 6.07) is 12.2. The third-order valence-electron chi connectivity index (χ3n) is 5.56. The number of amides is 2. The molecule has 8 heteroatoms. The molecule has 1 aliphatic rings. The lowest BCUT2D eigenvalue weighted by Gasteiger charge is -2.36. The molecular weight excluding hydrogens is 399 g/mol. The minimum Gasteiger partial charge on any atom is -0.375 e. The molecule has 31 heavy (non-hydrogen) atoms. The number of anilines is 2. The van der Waals surface area contributed by atoms with Crippen LogP contribution in [0.5, 0.6) is 0 Å². The first kappa shape index (κ1) is 20.9. The topological polar surface area (TPSA) is 77.7 Å². The van der Waals surface area contributed by atoms with Gasteiger partial charge in [0.2, 0.25) is 5.91 Å². The Morgan fingerprint density at radius 1 is 1.13 bits per heavy atom. The molecule has 0 unspecified atom stereocenters. The van der Waals surface area contributed by atoms with E-state index < -0.39 is 0 Å². The predicted octanol–water partition coefficient (Wildman–Crippen LogP) is 3.16. The van der Waals surface area contributed by atoms with E-state index in [1.54, 1.807) is 11.0 Å². The Hall–Kier alpha value is -3.39. The molecular formula is C23H25FN4O3. The second-order valence-corrected chi connectivity index (χ2v) is 7.64. The summed E-state index contributed by atoms with van der Waals surface area (Å²) in [7, 11) is 1.52. The number of aromatic amines is 1. The van der Waals surface area contributed by atoms with Crippen molar-refractivity contribution in [3.05, 3.63) is 59.5 Å². The predicted molar refractivity (Wildman–Crippen MR) is 118 cm³/mol. The summed E-state index contributed by atoms with van der Waals surface area (Å²) in [4.78, 5) is 31.7. The maximum absolute atomic E-state index is 14.1. The Bertz CT molecular complexity index is 1080. The number of rotatable bonds is 5. The molecule has 0 spiro atoms. The van der Waals surface area contributed by atoms with Gasteiger partial charge >= 0.3 is 0 Å². The van der Waals surface area contributed by atoms with E-state index in [0.29, 0.717) is 48.5 Å². The van der Waals surface area contributed by atoms with Gasteiger partial charge in [-0.3, -0.25) is 9.59 Å². The summed E-state index contributed by atoms with van der Waals surface area (Å²) in [5.74, 6) is -0.698. The van der Waals surface area contributed by atoms with E-state index in [9.17, 15) is 14.0 Å². The lowest BCUT2D eigenvalue weighted by atomic mass is 10.1. The second kappa shape index (κ2) is 8.77. The quantitative estimate of drug-likeness (QED) is 0.660. The number of aryl methyl sites for hydroxylation is 1. The van der Waals surface area contributed by atoms with Crippen LogP contribution < -0.4 is 10.2 Å². The Kier molecular flexibility index (Phi) is 5.90. The van der Waals surface area contributed by atoms with Gasteiger partial charge < -0.3 is 24.8 Å². The fourth-order valence-electron chi connectivity index (χ4n) is 3.86. The van der Waals surface area contributed by atoms with Crippen LogP contribution in [0, 0.1) is 12.7 Å². The zero-order valence-electron chi connectivity index (χ0n) is 17.6. The van der Waals surface area contributed by atoms with Gasteiger partial charge in [-0.1, -0.05) is 12.1 Å². The van der Waals surface area contributed by atoms with Crippen molar-refractivity contribution in [3.63, 3.8) is 0 Å². The molecule has 2 aromatic carbocycles. The SMILES string of the molecule is COCC(=O)N1CCN(c2cccc(NC(=O)c3cc4c(F)ccc(C)c4[nH]3)c2)CC1. The van der Waals surface area contributed by atoms with Crippen LogP contribution in [0.25, 0.3) is 10.9 Å². The summed E-state index contributed by atoms with van der Waals surface area (Å²) >= 11 is 0. The van der Waals surface area contributed by atoms with Crippen LogP contribution in [0.1, 0.15) is 16.1 Å². The highest BCUT2D eigenvalue weighted by atomic mass is 19.1. The first-order valence-electron chi connectivity index (χ1n) is 10.2. The third kappa shape index (κ3) is 4.39. The molecule has 3 aromatic rings. The number of fused-ring (bicyclic) bond motifs is 1. The van der Waals surface area contributed by atoms with Crippen LogP contribution in [0.3, 0.4) is 0 Å². The fraction of sp³-hybridized carbons (Fsp3) is 0.304. The average Bonchev–Trinajstić information content (AvgIpc) is 3.24. The number of carbonyl (C=O) groups is 2. The van der Waals surface area contributed by atoms with Crippen molar-refractivity contribution in [2.75, 3.05) is 50.1 Å². The van der Waals surface area contributed by atoms with Gasteiger partial charge in [-0.25, -0.2) is 4.39 Å². The van der Waals surface area contributed by atoms with E-state index in [-0.39, 0.29) is 24.2 Å². The van der Waals surface area contributed by atoms with Gasteiger partial charge in [0, 0.05) is 50.0 Å². The van der Waals surface area contributed by atoms with Gasteiger partial charge in [-0.15, -0.1) is 0 Å². The van der Waals surface area contributed by atoms with Crippen molar-refractivity contribution in [2.45, 2.75) is 6.92 Å². The third-order valence-corrected chi connectivity index (χ3v) is 5.56. The van der Waals surface area contributed by atoms with E-state index in [1.807, 2.05) is 31.2 Å². The highest BCUT2D eigenvalue weighted by Crippen LogP contribution is 2.24. The highest BCUT2D eigenvalue weighted by Gasteiger charge is 2.21. The Morgan fingerprint density at radius 3 is 2.61 bits per heavy atom. The van der Waals surface area contributed by atoms with E-state index >= 15 is 0 Å². The number of piperazine rings is 1. The minimum absolute atomic E-state index is 0.00632. The van der Waals surface area contributed by atoms with Gasteiger partial charge in [0.15, 0.2) is 0 Å². The molecule has 0 atom stereocenters. The normalized spacial score (nSPS) is 14.2. The molecule has 0 aliphatic carbocycles. The van der Waals surface area contributed by atoms with Gasteiger partial charge in [0.1, 0.15) is 18.1 Å². The summed E-state index contributed by atoms with van der Waals surface area (Å²) in [6.07, 6.45) is 0. The number of benzene rings is 2. The zero-order valence-corrected chi connectivity index (χ0v) is 17.6. The molecule has 1 saturated heterocycles. The molecule has 2 heterocycles. The van der Waals surface area contributed by atoms with Gasteiger partial charge in [0.05, 0.1) is 5.52 Å². The number of nitrogens with one attached hydrogen (secondary N) is 2. The largest absolute Gasteiger partial charge is 0.375 e. The number of nitrogens with zero attached hydrogens (tertiary/aromatic N) is 2. The number of ether oxygens (including phenoxy) is 1. The molecule has 1 aromatic heterocycles. The van der Waals surface area contributed by atoms with Crippen molar-refractivity contribution in [3.8, 4) is 0 Å². The maximum atomic E-state index is 14.1. The molecule has 2 N–H and O–H groups in total. The van der Waals surface area contributed by atoms with E-state index in [2.05, 4.69) is 15.2 Å². The molecule has 162 valence electrons. The number of hydrogen-bond acceptors (Lipinski definition) is 4. The van der Waals surface area contributed by atoms with E-state index in [0.717, 1.165) is 11.3 Å². The van der Waals surface area contributed by atoms with Crippen LogP contribution in [-0.4, -0.2) is 61.6 Å². The van der Waals surface area contributed by atoms with Gasteiger partial charge in [-0.2, -0.15) is 0 Å². The van der Waals surface area contributed by atoms with Gasteiger partial charge in [-0.05, 0) is 42.8 Å². The monoisotopic (exact) mass is 424 g/mol. The summed E-state index contributed by atoms with van der Waals surface area (Å²) in [5.41, 5.74) is 3.42. The number of H-pyrrole nitrogens is 1. The highest BCUT2D eigenvalue weighted by molar-refractivity contribution is 6.06. The zero-order chi connectivity index (χ0) is 22.0. The van der Waals surface area contributed by atoms with Crippen LogP contribution in [0.15, 0.2) is 42.5 Å². The first-order valence-corrected chi connectivity index (χ1v) is 10.2. The number of hydrogen-bond donors (Lipinski definition) is 2. The fourth-order valence-corrected chi connectivity index (χ4v) is 3.86. The van der Waals surface area contributed by atoms with Crippen molar-refractivity contribution < 1.29 is 18.7 Å². The number of halogens is 1. The summed E-state index contributed by atoms with van der Waals surface area (Å²) in [5, 5.41) is 3.28. The first-order chi connectivity index (χ1) is 15.0. The van der Waals surface area contributed by atoms with Crippen molar-refractivity contribution >= 4 is 34.1 Å². The Balaban J connectivity index is 1.44. The minimum atomic E-state index is -0.360. The molecule has 4 rings (SSSR count). The van der Waals surface area contributed by atoms with Crippen LogP contribution >= 0.6 is 0 Å².